The van der Waals surface area contributed by atoms with Gasteiger partial charge >= 0.3 is 0 Å². The van der Waals surface area contributed by atoms with Crippen LogP contribution in [0.5, 0.6) is 0 Å². The Balaban J connectivity index is 1.42. The minimum Gasteiger partial charge on any atom is -0.355 e. The number of piperidine rings is 1. The molecule has 0 atom stereocenters. The molecule has 0 unspecified atom stereocenters. The van der Waals surface area contributed by atoms with E-state index < -0.39 is 0 Å². The lowest BCUT2D eigenvalue weighted by molar-refractivity contribution is -0.897. The topological polar surface area (TPSA) is 91.7 Å². The van der Waals surface area contributed by atoms with Gasteiger partial charge in [0.05, 0.1) is 13.1 Å². The molecule has 7 heteroatoms. The molecule has 2 aromatic carbocycles. The van der Waals surface area contributed by atoms with Gasteiger partial charge in [-0.1, -0.05) is 18.2 Å². The van der Waals surface area contributed by atoms with Gasteiger partial charge in [-0.15, -0.1) is 0 Å². The molecule has 0 aromatic heterocycles. The van der Waals surface area contributed by atoms with Crippen LogP contribution in [-0.4, -0.2) is 44.4 Å². The molecule has 3 amide bonds. The summed E-state index contributed by atoms with van der Waals surface area (Å²) in [6.07, 6.45) is 1.53. The van der Waals surface area contributed by atoms with Crippen molar-refractivity contribution in [1.29, 1.82) is 0 Å². The minimum absolute atomic E-state index is 0.0146. The molecule has 1 aliphatic heterocycles. The number of likely N-dealkylation sites (tertiary alicyclic amines) is 1. The van der Waals surface area contributed by atoms with Gasteiger partial charge in [-0.25, -0.2) is 0 Å². The van der Waals surface area contributed by atoms with E-state index in [9.17, 15) is 14.4 Å². The number of hydrogen-bond acceptors (Lipinski definition) is 3. The number of benzene rings is 2. The van der Waals surface area contributed by atoms with Crippen LogP contribution in [0, 0.1) is 5.92 Å². The highest BCUT2D eigenvalue weighted by Crippen LogP contribution is 2.14. The molecule has 0 spiro atoms. The summed E-state index contributed by atoms with van der Waals surface area (Å²) < 4.78 is 0. The first kappa shape index (κ1) is 20.5. The summed E-state index contributed by atoms with van der Waals surface area (Å²) in [5.74, 6) is -0.193. The van der Waals surface area contributed by atoms with E-state index in [1.807, 2.05) is 30.3 Å². The normalized spacial score (nSPS) is 18.5. The fourth-order valence-electron chi connectivity index (χ4n) is 3.51. The van der Waals surface area contributed by atoms with Crippen molar-refractivity contribution < 1.29 is 19.3 Å². The van der Waals surface area contributed by atoms with Crippen molar-refractivity contribution in [2.24, 2.45) is 5.92 Å². The van der Waals surface area contributed by atoms with E-state index in [2.05, 4.69) is 16.0 Å². The molecule has 0 bridgehead atoms. The summed E-state index contributed by atoms with van der Waals surface area (Å²) >= 11 is 0. The van der Waals surface area contributed by atoms with Crippen LogP contribution in [0.1, 0.15) is 23.2 Å². The van der Waals surface area contributed by atoms with E-state index in [0.717, 1.165) is 31.6 Å². The second-order valence-corrected chi connectivity index (χ2v) is 7.26. The molecule has 2 aromatic rings. The number of nitrogens with one attached hydrogen (secondary N) is 4. The van der Waals surface area contributed by atoms with E-state index in [1.54, 1.807) is 31.3 Å². The van der Waals surface area contributed by atoms with Crippen molar-refractivity contribution in [2.45, 2.75) is 12.8 Å². The zero-order chi connectivity index (χ0) is 20.6. The number of anilines is 2. The fourth-order valence-corrected chi connectivity index (χ4v) is 3.51. The summed E-state index contributed by atoms with van der Waals surface area (Å²) in [6, 6.07) is 16.3. The average Bonchev–Trinajstić information content (AvgIpc) is 2.75. The molecule has 0 aliphatic carbocycles. The Morgan fingerprint density at radius 2 is 1.52 bits per heavy atom. The first-order valence-corrected chi connectivity index (χ1v) is 9.86. The van der Waals surface area contributed by atoms with Crippen LogP contribution in [0.15, 0.2) is 54.6 Å². The molecule has 1 saturated heterocycles. The van der Waals surface area contributed by atoms with Crippen molar-refractivity contribution in [3.63, 3.8) is 0 Å². The van der Waals surface area contributed by atoms with Gasteiger partial charge in [0.1, 0.15) is 0 Å². The summed E-state index contributed by atoms with van der Waals surface area (Å²) in [6.45, 7) is 1.94. The van der Waals surface area contributed by atoms with Crippen molar-refractivity contribution in [3.8, 4) is 0 Å². The fraction of sp³-hybridized carbons (Fsp3) is 0.318. The molecule has 4 N–H and O–H groups in total. The van der Waals surface area contributed by atoms with Crippen LogP contribution in [0.4, 0.5) is 11.4 Å². The van der Waals surface area contributed by atoms with E-state index in [1.165, 1.54) is 4.90 Å². The molecule has 152 valence electrons. The van der Waals surface area contributed by atoms with Crippen LogP contribution in [0.3, 0.4) is 0 Å². The highest BCUT2D eigenvalue weighted by molar-refractivity contribution is 5.96. The van der Waals surface area contributed by atoms with Crippen molar-refractivity contribution in [2.75, 3.05) is 37.3 Å². The Labute approximate surface area is 170 Å². The van der Waals surface area contributed by atoms with Crippen LogP contribution in [-0.2, 0) is 9.59 Å². The summed E-state index contributed by atoms with van der Waals surface area (Å²) in [4.78, 5) is 37.5. The number of rotatable bonds is 6. The summed E-state index contributed by atoms with van der Waals surface area (Å²) in [5, 5.41) is 8.39. The Kier molecular flexibility index (Phi) is 6.97. The highest BCUT2D eigenvalue weighted by atomic mass is 16.2. The second-order valence-electron chi connectivity index (χ2n) is 7.26. The Morgan fingerprint density at radius 3 is 2.14 bits per heavy atom. The first-order chi connectivity index (χ1) is 14.0. The van der Waals surface area contributed by atoms with Gasteiger partial charge in [-0.3, -0.25) is 14.4 Å². The molecular formula is C22H27N4O3+. The number of carbonyl (C=O) groups excluding carboxylic acids is 3. The van der Waals surface area contributed by atoms with Gasteiger partial charge in [-0.2, -0.15) is 0 Å². The summed E-state index contributed by atoms with van der Waals surface area (Å²) in [5.41, 5.74) is 2.03. The molecule has 0 radical (unpaired) electrons. The van der Waals surface area contributed by atoms with Gasteiger partial charge in [-0.05, 0) is 36.4 Å². The SMILES string of the molecule is CNC(=O)c1ccc(NC(=O)C[NH+]2CCC(C(=O)Nc3ccccc3)CC2)cc1. The van der Waals surface area contributed by atoms with E-state index in [-0.39, 0.29) is 23.6 Å². The Bertz CT molecular complexity index is 844. The summed E-state index contributed by atoms with van der Waals surface area (Å²) in [7, 11) is 1.58. The predicted octanol–water partition coefficient (Wildman–Crippen LogP) is 0.918. The maximum absolute atomic E-state index is 12.4. The molecular weight excluding hydrogens is 368 g/mol. The average molecular weight is 395 g/mol. The number of hydrogen-bond donors (Lipinski definition) is 4. The number of amides is 3. The minimum atomic E-state index is -0.161. The predicted molar refractivity (Wildman–Crippen MR) is 112 cm³/mol. The van der Waals surface area contributed by atoms with Crippen molar-refractivity contribution in [3.05, 3.63) is 60.2 Å². The maximum atomic E-state index is 12.4. The number of para-hydroxylation sites is 1. The van der Waals surface area contributed by atoms with E-state index >= 15 is 0 Å². The third kappa shape index (κ3) is 5.89. The zero-order valence-electron chi connectivity index (χ0n) is 16.5. The van der Waals surface area contributed by atoms with Gasteiger partial charge < -0.3 is 20.9 Å². The van der Waals surface area contributed by atoms with Gasteiger partial charge in [0.25, 0.3) is 11.8 Å². The van der Waals surface area contributed by atoms with Crippen LogP contribution >= 0.6 is 0 Å². The van der Waals surface area contributed by atoms with Gasteiger partial charge in [0.15, 0.2) is 6.54 Å². The van der Waals surface area contributed by atoms with Crippen LogP contribution in [0.2, 0.25) is 0 Å². The Hall–Kier alpha value is -3.19. The maximum Gasteiger partial charge on any atom is 0.279 e. The lowest BCUT2D eigenvalue weighted by atomic mass is 9.96. The van der Waals surface area contributed by atoms with Gasteiger partial charge in [0, 0.05) is 42.7 Å². The quantitative estimate of drug-likeness (QED) is 0.586. The number of quaternary nitrogens is 1. The second kappa shape index (κ2) is 9.84. The van der Waals surface area contributed by atoms with E-state index in [0.29, 0.717) is 17.8 Å². The molecule has 1 heterocycles. The van der Waals surface area contributed by atoms with Crippen LogP contribution < -0.4 is 20.9 Å². The largest absolute Gasteiger partial charge is 0.355 e. The first-order valence-electron chi connectivity index (χ1n) is 9.86. The van der Waals surface area contributed by atoms with Crippen molar-refractivity contribution >= 4 is 29.1 Å². The monoisotopic (exact) mass is 395 g/mol. The molecule has 0 saturated carbocycles. The smallest absolute Gasteiger partial charge is 0.279 e. The highest BCUT2D eigenvalue weighted by Gasteiger charge is 2.28. The molecule has 7 nitrogen and oxygen atoms in total. The zero-order valence-corrected chi connectivity index (χ0v) is 16.5. The molecule has 3 rings (SSSR count). The molecule has 1 aliphatic rings. The van der Waals surface area contributed by atoms with Gasteiger partial charge in [0.2, 0.25) is 5.91 Å². The van der Waals surface area contributed by atoms with Crippen LogP contribution in [0.25, 0.3) is 0 Å². The third-order valence-corrected chi connectivity index (χ3v) is 5.17. The number of carbonyl (C=O) groups is 3. The van der Waals surface area contributed by atoms with Crippen molar-refractivity contribution in [1.82, 2.24) is 5.32 Å². The lowest BCUT2D eigenvalue weighted by Gasteiger charge is -2.28. The molecule has 1 fully saturated rings. The molecule has 29 heavy (non-hydrogen) atoms. The third-order valence-electron chi connectivity index (χ3n) is 5.17. The lowest BCUT2D eigenvalue weighted by Crippen LogP contribution is -3.14. The Morgan fingerprint density at radius 1 is 0.897 bits per heavy atom. The van der Waals surface area contributed by atoms with E-state index in [4.69, 9.17) is 0 Å². The standard InChI is InChI=1S/C22H26N4O3/c1-23-21(28)16-7-9-19(10-8-16)24-20(27)15-26-13-11-17(12-14-26)22(29)25-18-5-3-2-4-6-18/h2-10,17H,11-15H2,1H3,(H,23,28)(H,24,27)(H,25,29)/p+1.